The lowest BCUT2D eigenvalue weighted by atomic mass is 9.91. The van der Waals surface area contributed by atoms with Crippen molar-refractivity contribution in [3.63, 3.8) is 0 Å². The zero-order valence-electron chi connectivity index (χ0n) is 19.1. The topological polar surface area (TPSA) is 116 Å². The second-order valence-corrected chi connectivity index (χ2v) is 8.61. The zero-order valence-corrected chi connectivity index (χ0v) is 19.1. The summed E-state index contributed by atoms with van der Waals surface area (Å²) in [5, 5.41) is 32.5. The third-order valence-electron chi connectivity index (χ3n) is 5.82. The van der Waals surface area contributed by atoms with Gasteiger partial charge in [-0.05, 0) is 62.1 Å². The highest BCUT2D eigenvalue weighted by atomic mass is 16.5. The molecule has 8 nitrogen and oxygen atoms in total. The van der Waals surface area contributed by atoms with E-state index in [9.17, 15) is 10.4 Å². The Morgan fingerprint density at radius 1 is 1.27 bits per heavy atom. The Morgan fingerprint density at radius 2 is 2.09 bits per heavy atom. The van der Waals surface area contributed by atoms with E-state index < -0.39 is 6.10 Å². The molecule has 3 aromatic rings. The Morgan fingerprint density at radius 3 is 2.82 bits per heavy atom. The van der Waals surface area contributed by atoms with Crippen LogP contribution in [0.15, 0.2) is 34.9 Å². The van der Waals surface area contributed by atoms with Gasteiger partial charge in [0.2, 0.25) is 5.82 Å². The van der Waals surface area contributed by atoms with Gasteiger partial charge in [0.1, 0.15) is 11.8 Å². The van der Waals surface area contributed by atoms with E-state index in [1.165, 1.54) is 11.1 Å². The molecule has 8 heteroatoms. The molecule has 0 spiro atoms. The molecule has 0 amide bonds. The average Bonchev–Trinajstić information content (AvgIpc) is 3.29. The maximum atomic E-state index is 9.74. The summed E-state index contributed by atoms with van der Waals surface area (Å²) >= 11 is 0. The average molecular weight is 449 g/mol. The van der Waals surface area contributed by atoms with E-state index in [4.69, 9.17) is 14.4 Å². The smallest absolute Gasteiger partial charge is 0.258 e. The summed E-state index contributed by atoms with van der Waals surface area (Å²) in [6.07, 6.45) is 0.0924. The summed E-state index contributed by atoms with van der Waals surface area (Å²) in [6, 6.07) is 11.5. The van der Waals surface area contributed by atoms with Gasteiger partial charge in [-0.15, -0.1) is 0 Å². The first-order chi connectivity index (χ1) is 15.9. The molecule has 2 heterocycles. The van der Waals surface area contributed by atoms with Crippen molar-refractivity contribution in [2.75, 3.05) is 19.7 Å². The summed E-state index contributed by atoms with van der Waals surface area (Å²) in [5.74, 6) is 1.38. The van der Waals surface area contributed by atoms with Gasteiger partial charge in [-0.2, -0.15) is 10.2 Å². The van der Waals surface area contributed by atoms with Crippen LogP contribution in [0.2, 0.25) is 0 Å². The van der Waals surface area contributed by atoms with Gasteiger partial charge in [-0.3, -0.25) is 4.90 Å². The lowest BCUT2D eigenvalue weighted by molar-refractivity contribution is 0.0551. The Kier molecular flexibility index (Phi) is 6.75. The fraction of sp³-hybridized carbons (Fsp3) is 0.400. The van der Waals surface area contributed by atoms with E-state index >= 15 is 0 Å². The maximum Gasteiger partial charge on any atom is 0.258 e. The van der Waals surface area contributed by atoms with Crippen molar-refractivity contribution >= 4 is 0 Å². The fourth-order valence-electron chi connectivity index (χ4n) is 4.21. The number of aliphatic hydroxyl groups is 2. The van der Waals surface area contributed by atoms with Crippen LogP contribution in [0.25, 0.3) is 22.8 Å². The van der Waals surface area contributed by atoms with Gasteiger partial charge in [0, 0.05) is 30.8 Å². The molecule has 4 rings (SSSR count). The Bertz CT molecular complexity index is 1180. The molecular formula is C25H28N4O4. The van der Waals surface area contributed by atoms with Gasteiger partial charge < -0.3 is 19.5 Å². The van der Waals surface area contributed by atoms with Crippen LogP contribution < -0.4 is 4.74 Å². The highest BCUT2D eigenvalue weighted by molar-refractivity contribution is 5.66. The standard InChI is InChI=1S/C25H28N4O4/c1-15(2)32-23-7-5-17(10-19(23)11-26)25-27-24(28-33-25)22-6-4-18-12-29(13-20(31)14-30)9-8-21(18)16(22)3/h4-7,10,15,20,30-31H,8-9,12-14H2,1-3H3/t20-/m0/s1. The summed E-state index contributed by atoms with van der Waals surface area (Å²) in [5.41, 5.74) is 5.57. The molecule has 33 heavy (non-hydrogen) atoms. The van der Waals surface area contributed by atoms with Crippen LogP contribution in [0, 0.1) is 18.3 Å². The molecule has 0 saturated carbocycles. The summed E-state index contributed by atoms with van der Waals surface area (Å²) in [4.78, 5) is 6.74. The van der Waals surface area contributed by atoms with Crippen molar-refractivity contribution in [1.82, 2.24) is 15.0 Å². The third kappa shape index (κ3) is 4.91. The first kappa shape index (κ1) is 22.9. The maximum absolute atomic E-state index is 9.74. The lowest BCUT2D eigenvalue weighted by Gasteiger charge is -2.31. The van der Waals surface area contributed by atoms with Crippen LogP contribution in [0.4, 0.5) is 0 Å². The second-order valence-electron chi connectivity index (χ2n) is 8.61. The molecule has 0 fully saturated rings. The van der Waals surface area contributed by atoms with Gasteiger partial charge in [-0.25, -0.2) is 0 Å². The molecule has 2 aromatic carbocycles. The SMILES string of the molecule is Cc1c(-c2noc(-c3ccc(OC(C)C)c(C#N)c3)n2)ccc2c1CCN(C[C@H](O)CO)C2. The minimum absolute atomic E-state index is 0.0308. The molecule has 172 valence electrons. The quantitative estimate of drug-likeness (QED) is 0.567. The van der Waals surface area contributed by atoms with E-state index in [1.807, 2.05) is 26.0 Å². The second kappa shape index (κ2) is 9.71. The van der Waals surface area contributed by atoms with E-state index in [2.05, 4.69) is 34.1 Å². The number of aromatic nitrogens is 2. The van der Waals surface area contributed by atoms with Crippen LogP contribution in [-0.4, -0.2) is 57.2 Å². The number of nitriles is 1. The summed E-state index contributed by atoms with van der Waals surface area (Å²) in [6.45, 7) is 7.66. The first-order valence-electron chi connectivity index (χ1n) is 11.1. The van der Waals surface area contributed by atoms with Crippen molar-refractivity contribution in [1.29, 1.82) is 5.26 Å². The van der Waals surface area contributed by atoms with E-state index in [0.717, 1.165) is 30.6 Å². The number of β-amino-alcohol motifs (C(OH)–C–C–N with tert-alkyl or cyclic N) is 1. The molecule has 0 aliphatic carbocycles. The Balaban J connectivity index is 1.58. The number of aliphatic hydroxyl groups excluding tert-OH is 2. The molecule has 0 bridgehead atoms. The zero-order chi connectivity index (χ0) is 23.5. The van der Waals surface area contributed by atoms with Crippen molar-refractivity contribution in [3.8, 4) is 34.7 Å². The van der Waals surface area contributed by atoms with E-state index in [-0.39, 0.29) is 12.7 Å². The number of nitrogens with zero attached hydrogens (tertiary/aromatic N) is 4. The first-order valence-corrected chi connectivity index (χ1v) is 11.1. The minimum atomic E-state index is -0.725. The van der Waals surface area contributed by atoms with Crippen molar-refractivity contribution in [2.24, 2.45) is 0 Å². The van der Waals surface area contributed by atoms with Gasteiger partial charge in [0.15, 0.2) is 0 Å². The molecule has 2 N–H and O–H groups in total. The van der Waals surface area contributed by atoms with Crippen LogP contribution in [-0.2, 0) is 13.0 Å². The molecular weight excluding hydrogens is 420 g/mol. The van der Waals surface area contributed by atoms with Gasteiger partial charge in [0.05, 0.1) is 24.4 Å². The number of hydrogen-bond acceptors (Lipinski definition) is 8. The molecule has 0 unspecified atom stereocenters. The van der Waals surface area contributed by atoms with E-state index in [1.54, 1.807) is 12.1 Å². The molecule has 1 aromatic heterocycles. The third-order valence-corrected chi connectivity index (χ3v) is 5.82. The predicted octanol–water partition coefficient (Wildman–Crippen LogP) is 3.08. The van der Waals surface area contributed by atoms with Gasteiger partial charge in [-0.1, -0.05) is 17.3 Å². The van der Waals surface area contributed by atoms with E-state index in [0.29, 0.717) is 35.1 Å². The highest BCUT2D eigenvalue weighted by Crippen LogP contribution is 2.32. The Labute approximate surface area is 193 Å². The van der Waals surface area contributed by atoms with Crippen molar-refractivity contribution in [3.05, 3.63) is 52.6 Å². The van der Waals surface area contributed by atoms with Gasteiger partial charge >= 0.3 is 0 Å². The summed E-state index contributed by atoms with van der Waals surface area (Å²) in [7, 11) is 0. The highest BCUT2D eigenvalue weighted by Gasteiger charge is 2.23. The molecule has 1 atom stereocenters. The lowest BCUT2D eigenvalue weighted by Crippen LogP contribution is -2.38. The number of benzene rings is 2. The molecule has 0 saturated heterocycles. The Hall–Kier alpha value is -3.25. The number of fused-ring (bicyclic) bond motifs is 1. The van der Waals surface area contributed by atoms with Crippen molar-refractivity contribution < 1.29 is 19.5 Å². The van der Waals surface area contributed by atoms with Crippen LogP contribution in [0.3, 0.4) is 0 Å². The monoisotopic (exact) mass is 448 g/mol. The minimum Gasteiger partial charge on any atom is -0.490 e. The number of ether oxygens (including phenoxy) is 1. The molecule has 1 aliphatic rings. The van der Waals surface area contributed by atoms with Crippen LogP contribution in [0.5, 0.6) is 5.75 Å². The number of hydrogen-bond donors (Lipinski definition) is 2. The van der Waals surface area contributed by atoms with Crippen LogP contribution >= 0.6 is 0 Å². The molecule has 1 aliphatic heterocycles. The van der Waals surface area contributed by atoms with Crippen LogP contribution in [0.1, 0.15) is 36.1 Å². The molecule has 0 radical (unpaired) electrons. The van der Waals surface area contributed by atoms with Gasteiger partial charge in [0.25, 0.3) is 5.89 Å². The fourth-order valence-corrected chi connectivity index (χ4v) is 4.21. The number of rotatable bonds is 7. The predicted molar refractivity (Wildman–Crippen MR) is 122 cm³/mol. The summed E-state index contributed by atoms with van der Waals surface area (Å²) < 4.78 is 11.2. The van der Waals surface area contributed by atoms with Crippen molar-refractivity contribution in [2.45, 2.75) is 45.9 Å². The largest absolute Gasteiger partial charge is 0.490 e. The normalized spacial score (nSPS) is 14.7.